The molecule has 1 saturated carbocycles. The molecule has 100 valence electrons. The quantitative estimate of drug-likeness (QED) is 0.549. The number of fused-ring (bicyclic) bond motifs is 4. The van der Waals surface area contributed by atoms with E-state index in [9.17, 15) is 0 Å². The predicted octanol–water partition coefficient (Wildman–Crippen LogP) is 4.33. The van der Waals surface area contributed by atoms with Crippen LogP contribution in [0.3, 0.4) is 0 Å². The molecule has 18 heavy (non-hydrogen) atoms. The standard InChI is InChI=1S/C11H13NO2.C4H10/c1-6-4-9-10(12-13)7-2-3-8(5-7)11(9)14-6;1-4(2)3/h4,7-8,13H,2-3,5H2,1H3;4H,1-3H3/b12-10-;. The van der Waals surface area contributed by atoms with Gasteiger partial charge in [-0.2, -0.15) is 0 Å². The van der Waals surface area contributed by atoms with Crippen LogP contribution < -0.4 is 0 Å². The molecule has 1 aromatic rings. The van der Waals surface area contributed by atoms with Crippen molar-refractivity contribution in [3.05, 3.63) is 23.2 Å². The molecule has 3 heteroatoms. The molecule has 2 atom stereocenters. The molecule has 0 aromatic carbocycles. The number of rotatable bonds is 0. The summed E-state index contributed by atoms with van der Waals surface area (Å²) in [6.45, 7) is 8.45. The highest BCUT2D eigenvalue weighted by Crippen LogP contribution is 2.47. The van der Waals surface area contributed by atoms with Crippen molar-refractivity contribution in [2.24, 2.45) is 17.0 Å². The highest BCUT2D eigenvalue weighted by atomic mass is 16.4. The second-order valence-corrected chi connectivity index (χ2v) is 6.06. The Labute approximate surface area is 109 Å². The van der Waals surface area contributed by atoms with Gasteiger partial charge in [0.2, 0.25) is 0 Å². The van der Waals surface area contributed by atoms with Crippen molar-refractivity contribution in [3.8, 4) is 0 Å². The largest absolute Gasteiger partial charge is 0.465 e. The van der Waals surface area contributed by atoms with Gasteiger partial charge in [0, 0.05) is 17.4 Å². The summed E-state index contributed by atoms with van der Waals surface area (Å²) in [4.78, 5) is 0. The minimum absolute atomic E-state index is 0.453. The minimum Gasteiger partial charge on any atom is -0.465 e. The first kappa shape index (κ1) is 13.2. The van der Waals surface area contributed by atoms with Gasteiger partial charge in [0.15, 0.2) is 0 Å². The Hall–Kier alpha value is -1.25. The van der Waals surface area contributed by atoms with Crippen molar-refractivity contribution in [2.45, 2.75) is 52.9 Å². The zero-order chi connectivity index (χ0) is 13.3. The lowest BCUT2D eigenvalue weighted by Gasteiger charge is -2.18. The summed E-state index contributed by atoms with van der Waals surface area (Å²) in [6.07, 6.45) is 3.40. The smallest absolute Gasteiger partial charge is 0.116 e. The predicted molar refractivity (Wildman–Crippen MR) is 72.4 cm³/mol. The molecule has 2 bridgehead atoms. The number of nitrogens with zero attached hydrogens (tertiary/aromatic N) is 1. The maximum atomic E-state index is 9.01. The van der Waals surface area contributed by atoms with Gasteiger partial charge < -0.3 is 9.62 Å². The molecule has 0 saturated heterocycles. The topological polar surface area (TPSA) is 45.7 Å². The highest BCUT2D eigenvalue weighted by Gasteiger charge is 2.40. The molecule has 2 aliphatic carbocycles. The Morgan fingerprint density at radius 1 is 1.28 bits per heavy atom. The van der Waals surface area contributed by atoms with Crippen molar-refractivity contribution < 1.29 is 9.62 Å². The molecule has 0 amide bonds. The first-order valence-electron chi connectivity index (χ1n) is 6.85. The van der Waals surface area contributed by atoms with E-state index in [1.165, 1.54) is 6.42 Å². The van der Waals surface area contributed by atoms with E-state index < -0.39 is 0 Å². The first-order valence-corrected chi connectivity index (χ1v) is 6.85. The zero-order valence-electron chi connectivity index (χ0n) is 11.7. The monoisotopic (exact) mass is 249 g/mol. The van der Waals surface area contributed by atoms with Crippen LogP contribution in [-0.4, -0.2) is 10.9 Å². The minimum atomic E-state index is 0.453. The summed E-state index contributed by atoms with van der Waals surface area (Å²) >= 11 is 0. The van der Waals surface area contributed by atoms with Crippen LogP contribution in [0.2, 0.25) is 0 Å². The normalized spacial score (nSPS) is 27.1. The molecule has 3 nitrogen and oxygen atoms in total. The van der Waals surface area contributed by atoms with Crippen molar-refractivity contribution in [3.63, 3.8) is 0 Å². The van der Waals surface area contributed by atoms with Gasteiger partial charge in [-0.05, 0) is 38.2 Å². The van der Waals surface area contributed by atoms with Gasteiger partial charge in [0.05, 0.1) is 5.71 Å². The summed E-state index contributed by atoms with van der Waals surface area (Å²) in [6, 6.07) is 1.99. The third-order valence-electron chi connectivity index (χ3n) is 3.46. The second kappa shape index (κ2) is 5.17. The molecular formula is C15H23NO2. The number of furan rings is 1. The van der Waals surface area contributed by atoms with E-state index in [0.717, 1.165) is 41.6 Å². The van der Waals surface area contributed by atoms with Gasteiger partial charge in [-0.15, -0.1) is 0 Å². The fourth-order valence-corrected chi connectivity index (χ4v) is 2.86. The fraction of sp³-hybridized carbons (Fsp3) is 0.667. The van der Waals surface area contributed by atoms with Crippen LogP contribution in [0.15, 0.2) is 15.6 Å². The molecule has 2 unspecified atom stereocenters. The lowest BCUT2D eigenvalue weighted by Crippen LogP contribution is -2.18. The van der Waals surface area contributed by atoms with E-state index >= 15 is 0 Å². The van der Waals surface area contributed by atoms with Gasteiger partial charge >= 0.3 is 0 Å². The Bertz CT molecular complexity index is 443. The van der Waals surface area contributed by atoms with Crippen LogP contribution in [-0.2, 0) is 0 Å². The summed E-state index contributed by atoms with van der Waals surface area (Å²) in [5, 5.41) is 12.5. The van der Waals surface area contributed by atoms with E-state index in [-0.39, 0.29) is 0 Å². The SMILES string of the molecule is CC(C)C.Cc1cc2c(o1)C1CCC(C1)/C2=N/O. The first-order chi connectivity index (χ1) is 8.52. The molecule has 0 aliphatic heterocycles. The molecule has 1 heterocycles. The second-order valence-electron chi connectivity index (χ2n) is 6.06. The maximum absolute atomic E-state index is 9.01. The van der Waals surface area contributed by atoms with Crippen LogP contribution in [0.5, 0.6) is 0 Å². The Balaban J connectivity index is 0.000000267. The Kier molecular flexibility index (Phi) is 3.79. The van der Waals surface area contributed by atoms with Crippen LogP contribution in [0.4, 0.5) is 0 Å². The molecule has 2 aliphatic rings. The van der Waals surface area contributed by atoms with Crippen LogP contribution in [0, 0.1) is 18.8 Å². The van der Waals surface area contributed by atoms with E-state index in [0.29, 0.717) is 11.8 Å². The molecule has 3 rings (SSSR count). The third-order valence-corrected chi connectivity index (χ3v) is 3.46. The molecule has 0 spiro atoms. The fourth-order valence-electron chi connectivity index (χ4n) is 2.86. The van der Waals surface area contributed by atoms with Gasteiger partial charge in [0.1, 0.15) is 11.5 Å². The van der Waals surface area contributed by atoms with Crippen LogP contribution in [0.25, 0.3) is 0 Å². The summed E-state index contributed by atoms with van der Waals surface area (Å²) in [5.41, 5.74) is 1.88. The summed E-state index contributed by atoms with van der Waals surface area (Å²) < 4.78 is 5.68. The van der Waals surface area contributed by atoms with Crippen molar-refractivity contribution >= 4 is 5.71 Å². The zero-order valence-corrected chi connectivity index (χ0v) is 11.7. The average molecular weight is 249 g/mol. The van der Waals surface area contributed by atoms with Gasteiger partial charge in [-0.1, -0.05) is 25.9 Å². The number of hydrogen-bond donors (Lipinski definition) is 1. The van der Waals surface area contributed by atoms with E-state index in [2.05, 4.69) is 25.9 Å². The van der Waals surface area contributed by atoms with E-state index in [4.69, 9.17) is 9.62 Å². The number of aryl methyl sites for hydroxylation is 1. The molecule has 0 radical (unpaired) electrons. The van der Waals surface area contributed by atoms with E-state index in [1.807, 2.05) is 13.0 Å². The Morgan fingerprint density at radius 2 is 1.89 bits per heavy atom. The van der Waals surface area contributed by atoms with Gasteiger partial charge in [0.25, 0.3) is 0 Å². The molecule has 1 N–H and O–H groups in total. The number of oxime groups is 1. The van der Waals surface area contributed by atoms with Crippen LogP contribution >= 0.6 is 0 Å². The summed E-state index contributed by atoms with van der Waals surface area (Å²) in [5.74, 6) is 3.82. The number of hydrogen-bond acceptors (Lipinski definition) is 3. The van der Waals surface area contributed by atoms with Crippen LogP contribution in [0.1, 0.15) is 63.0 Å². The summed E-state index contributed by atoms with van der Waals surface area (Å²) in [7, 11) is 0. The molecular weight excluding hydrogens is 226 g/mol. The Morgan fingerprint density at radius 3 is 2.50 bits per heavy atom. The highest BCUT2D eigenvalue weighted by molar-refractivity contribution is 6.04. The van der Waals surface area contributed by atoms with Crippen molar-refractivity contribution in [1.29, 1.82) is 0 Å². The lowest BCUT2D eigenvalue weighted by molar-refractivity contribution is 0.314. The van der Waals surface area contributed by atoms with Crippen molar-refractivity contribution in [1.82, 2.24) is 0 Å². The van der Waals surface area contributed by atoms with Gasteiger partial charge in [-0.25, -0.2) is 0 Å². The lowest BCUT2D eigenvalue weighted by atomic mass is 9.86. The molecule has 1 fully saturated rings. The van der Waals surface area contributed by atoms with Gasteiger partial charge in [-0.3, -0.25) is 0 Å². The third kappa shape index (κ3) is 2.45. The average Bonchev–Trinajstić information content (AvgIpc) is 2.84. The van der Waals surface area contributed by atoms with Crippen molar-refractivity contribution in [2.75, 3.05) is 0 Å². The van der Waals surface area contributed by atoms with E-state index in [1.54, 1.807) is 0 Å². The molecule has 1 aromatic heterocycles. The maximum Gasteiger partial charge on any atom is 0.116 e.